The quantitative estimate of drug-likeness (QED) is 0.764. The van der Waals surface area contributed by atoms with Gasteiger partial charge >= 0.3 is 0 Å². The van der Waals surface area contributed by atoms with E-state index in [1.165, 1.54) is 32.9 Å². The number of nitrogens with zero attached hydrogens (tertiary/aromatic N) is 2. The molecule has 0 bridgehead atoms. The SMILES string of the molecule is NC(=O)C1CCCN(S(=O)(=O)c2ccc(S(=O)(=O)N3CCCC3)cc2)C1. The number of primary amides is 1. The third kappa shape index (κ3) is 3.64. The van der Waals surface area contributed by atoms with E-state index in [1.54, 1.807) is 0 Å². The van der Waals surface area contributed by atoms with Crippen LogP contribution in [0.15, 0.2) is 34.1 Å². The molecule has 144 valence electrons. The van der Waals surface area contributed by atoms with Crippen LogP contribution < -0.4 is 5.73 Å². The molecule has 26 heavy (non-hydrogen) atoms. The van der Waals surface area contributed by atoms with Crippen molar-refractivity contribution in [1.82, 2.24) is 8.61 Å². The van der Waals surface area contributed by atoms with Crippen molar-refractivity contribution in [3.05, 3.63) is 24.3 Å². The van der Waals surface area contributed by atoms with Crippen molar-refractivity contribution in [3.63, 3.8) is 0 Å². The van der Waals surface area contributed by atoms with E-state index in [1.807, 2.05) is 0 Å². The minimum Gasteiger partial charge on any atom is -0.369 e. The molecule has 2 N–H and O–H groups in total. The van der Waals surface area contributed by atoms with E-state index in [9.17, 15) is 21.6 Å². The zero-order valence-corrected chi connectivity index (χ0v) is 16.0. The van der Waals surface area contributed by atoms with E-state index in [0.29, 0.717) is 32.5 Å². The lowest BCUT2D eigenvalue weighted by atomic mass is 9.99. The van der Waals surface area contributed by atoms with Gasteiger partial charge in [-0.1, -0.05) is 0 Å². The smallest absolute Gasteiger partial charge is 0.243 e. The average Bonchev–Trinajstić information content (AvgIpc) is 3.17. The van der Waals surface area contributed by atoms with E-state index in [-0.39, 0.29) is 16.3 Å². The first-order valence-electron chi connectivity index (χ1n) is 8.62. The van der Waals surface area contributed by atoms with Crippen molar-refractivity contribution in [2.24, 2.45) is 11.7 Å². The number of rotatable bonds is 5. The van der Waals surface area contributed by atoms with Crippen LogP contribution in [-0.4, -0.2) is 57.5 Å². The van der Waals surface area contributed by atoms with Crippen LogP contribution in [-0.2, 0) is 24.8 Å². The average molecular weight is 402 g/mol. The molecule has 2 aliphatic rings. The predicted molar refractivity (Wildman–Crippen MR) is 95.1 cm³/mol. The number of hydrogen-bond donors (Lipinski definition) is 1. The van der Waals surface area contributed by atoms with Gasteiger partial charge in [0.1, 0.15) is 0 Å². The molecule has 1 unspecified atom stereocenters. The van der Waals surface area contributed by atoms with Gasteiger partial charge in [0.25, 0.3) is 0 Å². The highest BCUT2D eigenvalue weighted by molar-refractivity contribution is 7.89. The summed E-state index contributed by atoms with van der Waals surface area (Å²) in [4.78, 5) is 11.5. The molecule has 8 nitrogen and oxygen atoms in total. The summed E-state index contributed by atoms with van der Waals surface area (Å²) in [6.45, 7) is 1.36. The van der Waals surface area contributed by atoms with Gasteiger partial charge in [0, 0.05) is 26.2 Å². The minimum absolute atomic E-state index is 0.0167. The minimum atomic E-state index is -3.79. The van der Waals surface area contributed by atoms with Gasteiger partial charge in [0.15, 0.2) is 0 Å². The van der Waals surface area contributed by atoms with Gasteiger partial charge in [-0.25, -0.2) is 16.8 Å². The van der Waals surface area contributed by atoms with E-state index < -0.39 is 31.9 Å². The van der Waals surface area contributed by atoms with Crippen molar-refractivity contribution in [2.75, 3.05) is 26.2 Å². The summed E-state index contributed by atoms with van der Waals surface area (Å²) in [5, 5.41) is 0. The second-order valence-electron chi connectivity index (χ2n) is 6.69. The van der Waals surface area contributed by atoms with E-state index in [4.69, 9.17) is 5.73 Å². The Hall–Kier alpha value is -1.49. The van der Waals surface area contributed by atoms with Crippen LogP contribution >= 0.6 is 0 Å². The fraction of sp³-hybridized carbons (Fsp3) is 0.562. The Labute approximate surface area is 154 Å². The molecule has 0 spiro atoms. The van der Waals surface area contributed by atoms with Crippen molar-refractivity contribution in [2.45, 2.75) is 35.5 Å². The number of carbonyl (C=O) groups excluding carboxylic acids is 1. The number of sulfonamides is 2. The molecule has 2 fully saturated rings. The molecule has 0 radical (unpaired) electrons. The standard InChI is InChI=1S/C16H23N3O5S2/c17-16(20)13-4-3-11-19(12-13)26(23,24)15-7-5-14(6-8-15)25(21,22)18-9-1-2-10-18/h5-8,13H,1-4,9-12H2,(H2,17,20). The maximum absolute atomic E-state index is 12.8. The lowest BCUT2D eigenvalue weighted by Gasteiger charge is -2.30. The van der Waals surface area contributed by atoms with Gasteiger partial charge < -0.3 is 5.73 Å². The topological polar surface area (TPSA) is 118 Å². The summed E-state index contributed by atoms with van der Waals surface area (Å²) in [6, 6.07) is 5.28. The fourth-order valence-corrected chi connectivity index (χ4v) is 6.44. The zero-order chi connectivity index (χ0) is 18.9. The maximum Gasteiger partial charge on any atom is 0.243 e. The van der Waals surface area contributed by atoms with E-state index >= 15 is 0 Å². The monoisotopic (exact) mass is 401 g/mol. The lowest BCUT2D eigenvalue weighted by molar-refractivity contribution is -0.122. The molecule has 2 saturated heterocycles. The number of benzene rings is 1. The van der Waals surface area contributed by atoms with Gasteiger partial charge in [-0.05, 0) is 49.9 Å². The van der Waals surface area contributed by atoms with Gasteiger partial charge in [-0.2, -0.15) is 8.61 Å². The van der Waals surface area contributed by atoms with E-state index in [2.05, 4.69) is 0 Å². The first-order chi connectivity index (χ1) is 12.2. The molecule has 2 heterocycles. The number of nitrogens with two attached hydrogens (primary N) is 1. The Morgan fingerprint density at radius 1 is 0.846 bits per heavy atom. The summed E-state index contributed by atoms with van der Waals surface area (Å²) < 4.78 is 53.3. The maximum atomic E-state index is 12.8. The van der Waals surface area contributed by atoms with Crippen LogP contribution in [0.5, 0.6) is 0 Å². The van der Waals surface area contributed by atoms with Gasteiger partial charge in [0.05, 0.1) is 15.7 Å². The Balaban J connectivity index is 1.82. The van der Waals surface area contributed by atoms with Crippen LogP contribution in [0.25, 0.3) is 0 Å². The number of hydrogen-bond acceptors (Lipinski definition) is 5. The number of amides is 1. The highest BCUT2D eigenvalue weighted by Crippen LogP contribution is 2.26. The first kappa shape index (κ1) is 19.3. The van der Waals surface area contributed by atoms with Gasteiger partial charge in [-0.3, -0.25) is 4.79 Å². The molecule has 0 saturated carbocycles. The molecule has 3 rings (SSSR count). The van der Waals surface area contributed by atoms with E-state index in [0.717, 1.165) is 12.8 Å². The molecular weight excluding hydrogens is 378 g/mol. The first-order valence-corrected chi connectivity index (χ1v) is 11.5. The molecule has 1 aromatic rings. The molecule has 1 amide bonds. The van der Waals surface area contributed by atoms with Crippen molar-refractivity contribution >= 4 is 26.0 Å². The molecular formula is C16H23N3O5S2. The largest absolute Gasteiger partial charge is 0.369 e. The molecule has 0 aromatic heterocycles. The molecule has 2 aliphatic heterocycles. The van der Waals surface area contributed by atoms with Crippen molar-refractivity contribution in [3.8, 4) is 0 Å². The summed E-state index contributed by atoms with van der Waals surface area (Å²) in [6.07, 6.45) is 2.81. The Morgan fingerprint density at radius 2 is 1.31 bits per heavy atom. The number of carbonyl (C=O) groups is 1. The molecule has 1 aromatic carbocycles. The van der Waals surface area contributed by atoms with Crippen LogP contribution in [0.3, 0.4) is 0 Å². The van der Waals surface area contributed by atoms with Crippen LogP contribution in [0.4, 0.5) is 0 Å². The summed E-state index contributed by atoms with van der Waals surface area (Å²) in [5.41, 5.74) is 5.31. The van der Waals surface area contributed by atoms with Crippen molar-refractivity contribution < 1.29 is 21.6 Å². The normalized spacial score (nSPS) is 23.2. The zero-order valence-electron chi connectivity index (χ0n) is 14.4. The highest BCUT2D eigenvalue weighted by atomic mass is 32.2. The lowest BCUT2D eigenvalue weighted by Crippen LogP contribution is -2.44. The second-order valence-corrected chi connectivity index (χ2v) is 10.6. The Morgan fingerprint density at radius 3 is 1.81 bits per heavy atom. The Kier molecular flexibility index (Phi) is 5.38. The third-order valence-corrected chi connectivity index (χ3v) is 8.74. The van der Waals surface area contributed by atoms with Gasteiger partial charge in [0.2, 0.25) is 26.0 Å². The van der Waals surface area contributed by atoms with Crippen LogP contribution in [0.1, 0.15) is 25.7 Å². The molecule has 10 heteroatoms. The van der Waals surface area contributed by atoms with Gasteiger partial charge in [-0.15, -0.1) is 0 Å². The van der Waals surface area contributed by atoms with Crippen LogP contribution in [0, 0.1) is 5.92 Å². The summed E-state index contributed by atoms with van der Waals surface area (Å²) >= 11 is 0. The molecule has 1 atom stereocenters. The third-order valence-electron chi connectivity index (χ3n) is 4.95. The molecule has 0 aliphatic carbocycles. The predicted octanol–water partition coefficient (Wildman–Crippen LogP) is 0.357. The summed E-state index contributed by atoms with van der Waals surface area (Å²) in [5.74, 6) is -0.995. The second kappa shape index (κ2) is 7.26. The fourth-order valence-electron chi connectivity index (χ4n) is 3.40. The van der Waals surface area contributed by atoms with Crippen LogP contribution in [0.2, 0.25) is 0 Å². The van der Waals surface area contributed by atoms with Crippen molar-refractivity contribution in [1.29, 1.82) is 0 Å². The number of piperidine rings is 1. The Bertz CT molecular complexity index is 875. The highest BCUT2D eigenvalue weighted by Gasteiger charge is 2.33. The summed E-state index contributed by atoms with van der Waals surface area (Å²) in [7, 11) is -7.37.